The van der Waals surface area contributed by atoms with E-state index in [0.29, 0.717) is 5.89 Å². The van der Waals surface area contributed by atoms with Crippen LogP contribution in [-0.2, 0) is 4.79 Å². The Bertz CT molecular complexity index is 620. The topological polar surface area (TPSA) is 81.2 Å². The van der Waals surface area contributed by atoms with Crippen LogP contribution in [0.5, 0.6) is 0 Å². The number of hydrogen-bond acceptors (Lipinski definition) is 4. The van der Waals surface area contributed by atoms with Gasteiger partial charge in [-0.25, -0.2) is 4.98 Å². The molecule has 0 aliphatic heterocycles. The van der Waals surface area contributed by atoms with Gasteiger partial charge in [0, 0.05) is 18.7 Å². The summed E-state index contributed by atoms with van der Waals surface area (Å²) in [6.45, 7) is 1.80. The van der Waals surface area contributed by atoms with E-state index in [4.69, 9.17) is 10.2 Å². The van der Waals surface area contributed by atoms with Crippen LogP contribution in [0.2, 0.25) is 0 Å². The molecule has 2 unspecified atom stereocenters. The highest BCUT2D eigenvalue weighted by Crippen LogP contribution is 2.26. The molecule has 1 aliphatic rings. The fraction of sp³-hybridized carbons (Fsp3) is 0.429. The molecule has 1 aromatic heterocycles. The molecule has 1 saturated carbocycles. The number of amides is 1. The van der Waals surface area contributed by atoms with E-state index in [1.807, 2.05) is 18.2 Å². The number of hydrogen-bond donors (Lipinski definition) is 2. The Morgan fingerprint density at radius 1 is 1.47 bits per heavy atom. The first kappa shape index (κ1) is 12.2. The largest absolute Gasteiger partial charge is 0.441 e. The maximum Gasteiger partial charge on any atom is 0.229 e. The first-order valence-corrected chi connectivity index (χ1v) is 6.57. The van der Waals surface area contributed by atoms with Crippen molar-refractivity contribution in [1.82, 2.24) is 4.98 Å². The quantitative estimate of drug-likeness (QED) is 0.866. The molecule has 0 bridgehead atoms. The minimum Gasteiger partial charge on any atom is -0.441 e. The van der Waals surface area contributed by atoms with Gasteiger partial charge in [0.2, 0.25) is 5.91 Å². The van der Waals surface area contributed by atoms with Crippen molar-refractivity contribution in [3.8, 4) is 0 Å². The van der Waals surface area contributed by atoms with Crippen molar-refractivity contribution in [2.24, 2.45) is 11.7 Å². The molecule has 2 aromatic rings. The van der Waals surface area contributed by atoms with Crippen LogP contribution in [0, 0.1) is 12.8 Å². The average Bonchev–Trinajstić information content (AvgIpc) is 2.93. The highest BCUT2D eigenvalue weighted by Gasteiger charge is 2.30. The molecule has 1 aromatic carbocycles. The molecule has 19 heavy (non-hydrogen) atoms. The fourth-order valence-electron chi connectivity index (χ4n) is 2.67. The monoisotopic (exact) mass is 259 g/mol. The van der Waals surface area contributed by atoms with E-state index in [1.165, 1.54) is 0 Å². The number of anilines is 1. The van der Waals surface area contributed by atoms with Gasteiger partial charge in [0.15, 0.2) is 11.5 Å². The molecule has 1 aliphatic carbocycles. The third-order valence-corrected chi connectivity index (χ3v) is 3.67. The van der Waals surface area contributed by atoms with Crippen molar-refractivity contribution in [3.05, 3.63) is 24.1 Å². The SMILES string of the molecule is Cc1nc2cc(NC(=O)C3CCCC3N)ccc2o1. The predicted octanol–water partition coefficient (Wildman–Crippen LogP) is 2.20. The normalized spacial score (nSPS) is 22.8. The second kappa shape index (κ2) is 4.66. The summed E-state index contributed by atoms with van der Waals surface area (Å²) < 4.78 is 5.40. The standard InChI is InChI=1S/C14H17N3O2/c1-8-16-12-7-9(5-6-13(12)19-8)17-14(18)10-3-2-4-11(10)15/h5-7,10-11H,2-4,15H2,1H3,(H,17,18). The van der Waals surface area contributed by atoms with Gasteiger partial charge in [0.25, 0.3) is 0 Å². The Kier molecular flexibility index (Phi) is 2.98. The Labute approximate surface area is 111 Å². The fourth-order valence-corrected chi connectivity index (χ4v) is 2.67. The second-order valence-corrected chi connectivity index (χ2v) is 5.11. The van der Waals surface area contributed by atoms with Gasteiger partial charge in [0.1, 0.15) is 5.52 Å². The number of fused-ring (bicyclic) bond motifs is 1. The first-order chi connectivity index (χ1) is 9.13. The average molecular weight is 259 g/mol. The van der Waals surface area contributed by atoms with Crippen LogP contribution < -0.4 is 11.1 Å². The minimum atomic E-state index is -0.0743. The Morgan fingerprint density at radius 2 is 2.32 bits per heavy atom. The van der Waals surface area contributed by atoms with Crippen LogP contribution >= 0.6 is 0 Å². The van der Waals surface area contributed by atoms with Crippen LogP contribution in [0.1, 0.15) is 25.2 Å². The molecule has 0 saturated heterocycles. The Hall–Kier alpha value is -1.88. The summed E-state index contributed by atoms with van der Waals surface area (Å²) in [7, 11) is 0. The van der Waals surface area contributed by atoms with E-state index in [2.05, 4.69) is 10.3 Å². The van der Waals surface area contributed by atoms with Crippen LogP contribution in [0.3, 0.4) is 0 Å². The molecule has 0 spiro atoms. The second-order valence-electron chi connectivity index (χ2n) is 5.11. The Balaban J connectivity index is 1.79. The highest BCUT2D eigenvalue weighted by molar-refractivity contribution is 5.94. The van der Waals surface area contributed by atoms with Crippen LogP contribution in [0.4, 0.5) is 5.69 Å². The summed E-state index contributed by atoms with van der Waals surface area (Å²) in [4.78, 5) is 16.4. The van der Waals surface area contributed by atoms with Gasteiger partial charge in [-0.15, -0.1) is 0 Å². The molecule has 3 N–H and O–H groups in total. The maximum atomic E-state index is 12.1. The molecule has 1 amide bonds. The van der Waals surface area contributed by atoms with Crippen molar-refractivity contribution < 1.29 is 9.21 Å². The van der Waals surface area contributed by atoms with Crippen molar-refractivity contribution in [3.63, 3.8) is 0 Å². The highest BCUT2D eigenvalue weighted by atomic mass is 16.3. The summed E-state index contributed by atoms with van der Waals surface area (Å²) in [5.41, 5.74) is 8.17. The number of benzene rings is 1. The van der Waals surface area contributed by atoms with Gasteiger partial charge in [-0.2, -0.15) is 0 Å². The van der Waals surface area contributed by atoms with E-state index in [0.717, 1.165) is 36.0 Å². The summed E-state index contributed by atoms with van der Waals surface area (Å²) in [6.07, 6.45) is 2.83. The number of carbonyl (C=O) groups excluding carboxylic acids is 1. The van der Waals surface area contributed by atoms with E-state index in [1.54, 1.807) is 6.92 Å². The number of aryl methyl sites for hydroxylation is 1. The zero-order valence-electron chi connectivity index (χ0n) is 10.8. The number of nitrogens with zero attached hydrogens (tertiary/aromatic N) is 1. The van der Waals surface area contributed by atoms with Crippen molar-refractivity contribution in [2.45, 2.75) is 32.2 Å². The number of carbonyl (C=O) groups is 1. The van der Waals surface area contributed by atoms with E-state index in [9.17, 15) is 4.79 Å². The van der Waals surface area contributed by atoms with Gasteiger partial charge < -0.3 is 15.5 Å². The van der Waals surface area contributed by atoms with Crippen LogP contribution in [-0.4, -0.2) is 16.9 Å². The summed E-state index contributed by atoms with van der Waals surface area (Å²) >= 11 is 0. The van der Waals surface area contributed by atoms with Gasteiger partial charge in [-0.05, 0) is 31.0 Å². The molecule has 5 nitrogen and oxygen atoms in total. The molecule has 3 rings (SSSR count). The van der Waals surface area contributed by atoms with Gasteiger partial charge in [-0.1, -0.05) is 6.42 Å². The van der Waals surface area contributed by atoms with E-state index >= 15 is 0 Å². The van der Waals surface area contributed by atoms with Gasteiger partial charge >= 0.3 is 0 Å². The first-order valence-electron chi connectivity index (χ1n) is 6.57. The smallest absolute Gasteiger partial charge is 0.229 e. The Morgan fingerprint density at radius 3 is 3.05 bits per heavy atom. The lowest BCUT2D eigenvalue weighted by Crippen LogP contribution is -2.34. The minimum absolute atomic E-state index is 0.00423. The van der Waals surface area contributed by atoms with Crippen molar-refractivity contribution in [2.75, 3.05) is 5.32 Å². The number of nitrogens with one attached hydrogen (secondary N) is 1. The summed E-state index contributed by atoms with van der Waals surface area (Å²) in [6, 6.07) is 5.45. The number of nitrogens with two attached hydrogens (primary N) is 1. The van der Waals surface area contributed by atoms with Gasteiger partial charge in [-0.3, -0.25) is 4.79 Å². The van der Waals surface area contributed by atoms with Gasteiger partial charge in [0.05, 0.1) is 5.92 Å². The number of rotatable bonds is 2. The maximum absolute atomic E-state index is 12.1. The summed E-state index contributed by atoms with van der Waals surface area (Å²) in [5, 5.41) is 2.92. The number of aromatic nitrogens is 1. The zero-order valence-corrected chi connectivity index (χ0v) is 10.8. The van der Waals surface area contributed by atoms with E-state index < -0.39 is 0 Å². The zero-order chi connectivity index (χ0) is 13.4. The lowest BCUT2D eigenvalue weighted by Gasteiger charge is -2.14. The third-order valence-electron chi connectivity index (χ3n) is 3.67. The molecule has 1 heterocycles. The lowest BCUT2D eigenvalue weighted by molar-refractivity contribution is -0.120. The molecule has 1 fully saturated rings. The molecular weight excluding hydrogens is 242 g/mol. The molecular formula is C14H17N3O2. The lowest BCUT2D eigenvalue weighted by atomic mass is 10.0. The predicted molar refractivity (Wildman–Crippen MR) is 72.7 cm³/mol. The van der Waals surface area contributed by atoms with Crippen LogP contribution in [0.15, 0.2) is 22.6 Å². The van der Waals surface area contributed by atoms with Crippen molar-refractivity contribution >= 4 is 22.7 Å². The summed E-state index contributed by atoms with van der Waals surface area (Å²) in [5.74, 6) is 0.551. The molecule has 100 valence electrons. The molecule has 2 atom stereocenters. The third kappa shape index (κ3) is 2.33. The van der Waals surface area contributed by atoms with Crippen LogP contribution in [0.25, 0.3) is 11.1 Å². The molecule has 0 radical (unpaired) electrons. The molecule has 5 heteroatoms. The van der Waals surface area contributed by atoms with E-state index in [-0.39, 0.29) is 17.9 Å². The number of oxazole rings is 1. The van der Waals surface area contributed by atoms with Crippen molar-refractivity contribution in [1.29, 1.82) is 0 Å².